The Morgan fingerprint density at radius 2 is 1.72 bits per heavy atom. The molecule has 2 N–H and O–H groups in total. The normalized spacial score (nSPS) is 17.9. The first-order valence-corrected chi connectivity index (χ1v) is 12.7. The molecule has 2 aliphatic rings. The number of hydrogen-bond donors (Lipinski definition) is 2. The van der Waals surface area contributed by atoms with E-state index in [1.807, 2.05) is 12.1 Å². The van der Waals surface area contributed by atoms with E-state index in [0.29, 0.717) is 24.6 Å². The molecule has 2 fully saturated rings. The Labute approximate surface area is 190 Å². The third-order valence-corrected chi connectivity index (χ3v) is 7.53. The molecule has 7 nitrogen and oxygen atoms in total. The van der Waals surface area contributed by atoms with Crippen molar-refractivity contribution in [2.75, 3.05) is 39.8 Å². The standard InChI is InChI=1S/C24H32N4O3S/c1-27-10-12-28(13-11-27)18-21-5-2-4-20(14-21)16-25-24(29)22-6-3-7-23(15-22)32(30,31)26-17-19-8-9-19/h2-7,14-15,19,26H,8-13,16-18H2,1H3,(H,25,29). The Morgan fingerprint density at radius 1 is 1.00 bits per heavy atom. The molecule has 0 spiro atoms. The van der Waals surface area contributed by atoms with Gasteiger partial charge in [0.05, 0.1) is 4.90 Å². The van der Waals surface area contributed by atoms with Gasteiger partial charge in [-0.15, -0.1) is 0 Å². The molecule has 0 atom stereocenters. The fraction of sp³-hybridized carbons (Fsp3) is 0.458. The molecule has 1 heterocycles. The Bertz CT molecular complexity index is 1040. The van der Waals surface area contributed by atoms with Crippen molar-refractivity contribution in [2.24, 2.45) is 5.92 Å². The Kier molecular flexibility index (Phi) is 7.25. The second-order valence-corrected chi connectivity index (χ2v) is 10.7. The summed E-state index contributed by atoms with van der Waals surface area (Å²) in [6, 6.07) is 14.5. The lowest BCUT2D eigenvalue weighted by Gasteiger charge is -2.32. The average molecular weight is 457 g/mol. The van der Waals surface area contributed by atoms with Gasteiger partial charge in [0.25, 0.3) is 5.91 Å². The van der Waals surface area contributed by atoms with Gasteiger partial charge in [0, 0.05) is 51.4 Å². The summed E-state index contributed by atoms with van der Waals surface area (Å²) in [7, 11) is -1.45. The number of nitrogens with zero attached hydrogens (tertiary/aromatic N) is 2. The quantitative estimate of drug-likeness (QED) is 0.604. The van der Waals surface area contributed by atoms with E-state index >= 15 is 0 Å². The third-order valence-electron chi connectivity index (χ3n) is 6.11. The lowest BCUT2D eigenvalue weighted by molar-refractivity contribution is 0.0950. The van der Waals surface area contributed by atoms with E-state index < -0.39 is 10.0 Å². The predicted octanol–water partition coefficient (Wildman–Crippen LogP) is 2.05. The Morgan fingerprint density at radius 3 is 2.47 bits per heavy atom. The van der Waals surface area contributed by atoms with Crippen molar-refractivity contribution in [1.82, 2.24) is 19.8 Å². The molecule has 0 radical (unpaired) electrons. The molecule has 2 aromatic carbocycles. The van der Waals surface area contributed by atoms with E-state index in [1.165, 1.54) is 17.7 Å². The molecular formula is C24H32N4O3S. The maximum absolute atomic E-state index is 12.7. The van der Waals surface area contributed by atoms with Crippen LogP contribution >= 0.6 is 0 Å². The van der Waals surface area contributed by atoms with Crippen LogP contribution in [-0.2, 0) is 23.1 Å². The van der Waals surface area contributed by atoms with Crippen LogP contribution in [-0.4, -0.2) is 63.9 Å². The SMILES string of the molecule is CN1CCN(Cc2cccc(CNC(=O)c3cccc(S(=O)(=O)NCC4CC4)c3)c2)CC1. The summed E-state index contributed by atoms with van der Waals surface area (Å²) in [4.78, 5) is 17.6. The van der Waals surface area contributed by atoms with Crippen molar-refractivity contribution >= 4 is 15.9 Å². The summed E-state index contributed by atoms with van der Waals surface area (Å²) >= 11 is 0. The first-order valence-electron chi connectivity index (χ1n) is 11.3. The largest absolute Gasteiger partial charge is 0.348 e. The van der Waals surface area contributed by atoms with Gasteiger partial charge in [0.1, 0.15) is 0 Å². The van der Waals surface area contributed by atoms with Crippen molar-refractivity contribution in [3.63, 3.8) is 0 Å². The molecule has 1 aliphatic heterocycles. The molecule has 2 aromatic rings. The number of sulfonamides is 1. The summed E-state index contributed by atoms with van der Waals surface area (Å²) < 4.78 is 27.6. The van der Waals surface area contributed by atoms with Gasteiger partial charge in [-0.2, -0.15) is 0 Å². The fourth-order valence-corrected chi connectivity index (χ4v) is 4.99. The molecule has 8 heteroatoms. The van der Waals surface area contributed by atoms with Crippen molar-refractivity contribution in [1.29, 1.82) is 0 Å². The summed E-state index contributed by atoms with van der Waals surface area (Å²) in [6.45, 7) is 6.05. The number of carbonyl (C=O) groups excluding carboxylic acids is 1. The first kappa shape index (κ1) is 22.9. The minimum atomic E-state index is -3.60. The molecule has 4 rings (SSSR count). The first-order chi connectivity index (χ1) is 15.4. The smallest absolute Gasteiger partial charge is 0.251 e. The highest BCUT2D eigenvalue weighted by atomic mass is 32.2. The van der Waals surface area contributed by atoms with Crippen LogP contribution < -0.4 is 10.0 Å². The Balaban J connectivity index is 1.33. The van der Waals surface area contributed by atoms with Crippen molar-refractivity contribution < 1.29 is 13.2 Å². The summed E-state index contributed by atoms with van der Waals surface area (Å²) in [5.41, 5.74) is 2.60. The predicted molar refractivity (Wildman–Crippen MR) is 125 cm³/mol. The van der Waals surface area contributed by atoms with Gasteiger partial charge in [-0.05, 0) is 55.1 Å². The van der Waals surface area contributed by atoms with Crippen LogP contribution in [0.4, 0.5) is 0 Å². The highest BCUT2D eigenvalue weighted by molar-refractivity contribution is 7.89. The zero-order chi connectivity index (χ0) is 22.6. The number of rotatable bonds is 9. The van der Waals surface area contributed by atoms with Crippen molar-refractivity contribution in [2.45, 2.75) is 30.8 Å². The van der Waals surface area contributed by atoms with Gasteiger partial charge >= 0.3 is 0 Å². The number of amides is 1. The van der Waals surface area contributed by atoms with E-state index in [0.717, 1.165) is 51.1 Å². The van der Waals surface area contributed by atoms with Crippen LogP contribution in [0.3, 0.4) is 0 Å². The van der Waals surface area contributed by atoms with E-state index in [4.69, 9.17) is 0 Å². The lowest BCUT2D eigenvalue weighted by atomic mass is 10.1. The zero-order valence-corrected chi connectivity index (χ0v) is 19.4. The topological polar surface area (TPSA) is 81.8 Å². The number of likely N-dealkylation sites (N-methyl/N-ethyl adjacent to an activating group) is 1. The van der Waals surface area contributed by atoms with E-state index in [9.17, 15) is 13.2 Å². The summed E-state index contributed by atoms with van der Waals surface area (Å²) in [5, 5.41) is 2.92. The molecular weight excluding hydrogens is 424 g/mol. The average Bonchev–Trinajstić information content (AvgIpc) is 3.63. The molecule has 0 bridgehead atoms. The van der Waals surface area contributed by atoms with Gasteiger partial charge in [-0.3, -0.25) is 9.69 Å². The maximum atomic E-state index is 12.7. The molecule has 32 heavy (non-hydrogen) atoms. The maximum Gasteiger partial charge on any atom is 0.251 e. The lowest BCUT2D eigenvalue weighted by Crippen LogP contribution is -2.43. The van der Waals surface area contributed by atoms with Crippen LogP contribution in [0, 0.1) is 5.92 Å². The number of nitrogens with one attached hydrogen (secondary N) is 2. The fourth-order valence-electron chi connectivity index (χ4n) is 3.82. The number of piperazine rings is 1. The van der Waals surface area contributed by atoms with Crippen molar-refractivity contribution in [3.05, 3.63) is 65.2 Å². The van der Waals surface area contributed by atoms with Gasteiger partial charge in [-0.1, -0.05) is 30.3 Å². The highest BCUT2D eigenvalue weighted by Gasteiger charge is 2.24. The third kappa shape index (κ3) is 6.38. The van der Waals surface area contributed by atoms with Gasteiger partial charge in [-0.25, -0.2) is 13.1 Å². The van der Waals surface area contributed by atoms with Crippen LogP contribution in [0.15, 0.2) is 53.4 Å². The van der Waals surface area contributed by atoms with Gasteiger partial charge in [0.15, 0.2) is 0 Å². The van der Waals surface area contributed by atoms with E-state index in [-0.39, 0.29) is 10.8 Å². The summed E-state index contributed by atoms with van der Waals surface area (Å²) in [6.07, 6.45) is 2.14. The van der Waals surface area contributed by atoms with Gasteiger partial charge < -0.3 is 10.2 Å². The molecule has 1 amide bonds. The van der Waals surface area contributed by atoms with Crippen LogP contribution in [0.5, 0.6) is 0 Å². The molecule has 0 unspecified atom stereocenters. The van der Waals surface area contributed by atoms with Crippen LogP contribution in [0.25, 0.3) is 0 Å². The van der Waals surface area contributed by atoms with Gasteiger partial charge in [0.2, 0.25) is 10.0 Å². The second-order valence-electron chi connectivity index (χ2n) is 8.91. The number of hydrogen-bond acceptors (Lipinski definition) is 5. The van der Waals surface area contributed by atoms with E-state index in [1.54, 1.807) is 12.1 Å². The molecule has 1 saturated carbocycles. The number of benzene rings is 2. The second kappa shape index (κ2) is 10.1. The number of carbonyl (C=O) groups is 1. The molecule has 1 aliphatic carbocycles. The van der Waals surface area contributed by atoms with E-state index in [2.05, 4.69) is 39.0 Å². The monoisotopic (exact) mass is 456 g/mol. The summed E-state index contributed by atoms with van der Waals surface area (Å²) in [5.74, 6) is 0.164. The van der Waals surface area contributed by atoms with Crippen LogP contribution in [0.2, 0.25) is 0 Å². The Hall–Kier alpha value is -2.26. The minimum Gasteiger partial charge on any atom is -0.348 e. The molecule has 0 aromatic heterocycles. The minimum absolute atomic E-state index is 0.125. The molecule has 172 valence electrons. The molecule has 1 saturated heterocycles. The highest BCUT2D eigenvalue weighted by Crippen LogP contribution is 2.28. The zero-order valence-electron chi connectivity index (χ0n) is 18.6. The van der Waals surface area contributed by atoms with Crippen LogP contribution in [0.1, 0.15) is 34.3 Å². The van der Waals surface area contributed by atoms with Crippen molar-refractivity contribution in [3.8, 4) is 0 Å².